The Morgan fingerprint density at radius 3 is 2.72 bits per heavy atom. The van der Waals surface area contributed by atoms with Crippen LogP contribution in [0.5, 0.6) is 0 Å². The van der Waals surface area contributed by atoms with E-state index in [2.05, 4.69) is 10.6 Å². The first-order chi connectivity index (χ1) is 8.38. The molecule has 5 nitrogen and oxygen atoms in total. The molecule has 96 valence electrons. The quantitative estimate of drug-likeness (QED) is 0.613. The van der Waals surface area contributed by atoms with Crippen molar-refractivity contribution in [2.75, 3.05) is 6.54 Å². The van der Waals surface area contributed by atoms with Gasteiger partial charge in [0.25, 0.3) is 0 Å². The van der Waals surface area contributed by atoms with Crippen molar-refractivity contribution in [3.63, 3.8) is 0 Å². The van der Waals surface area contributed by atoms with Crippen LogP contribution in [0.1, 0.15) is 16.8 Å². The number of halogens is 1. The maximum Gasteiger partial charge on any atom is 0.338 e. The summed E-state index contributed by atoms with van der Waals surface area (Å²) in [6, 6.07) is 2.54. The second kappa shape index (κ2) is 5.62. The predicted molar refractivity (Wildman–Crippen MR) is 62.0 cm³/mol. The monoisotopic (exact) mass is 271 g/mol. The lowest BCUT2D eigenvalue weighted by Gasteiger charge is -2.06. The van der Waals surface area contributed by atoms with Crippen LogP contribution in [-0.2, 0) is 10.0 Å². The minimum atomic E-state index is -3.88. The molecule has 2 N–H and O–H groups in total. The summed E-state index contributed by atoms with van der Waals surface area (Å²) in [5.41, 5.74) is -0.699. The molecule has 0 radical (unpaired) electrons. The van der Waals surface area contributed by atoms with Crippen molar-refractivity contribution < 1.29 is 22.7 Å². The van der Waals surface area contributed by atoms with Crippen molar-refractivity contribution in [3.8, 4) is 12.3 Å². The summed E-state index contributed by atoms with van der Waals surface area (Å²) >= 11 is 0. The third-order valence-corrected chi connectivity index (χ3v) is 3.50. The van der Waals surface area contributed by atoms with E-state index in [9.17, 15) is 17.6 Å². The Bertz CT molecular complexity index is 604. The maximum atomic E-state index is 13.1. The summed E-state index contributed by atoms with van der Waals surface area (Å²) in [4.78, 5) is 10.4. The number of rotatable bonds is 5. The first-order valence-electron chi connectivity index (χ1n) is 4.84. The lowest BCUT2D eigenvalue weighted by molar-refractivity contribution is 0.0691. The van der Waals surface area contributed by atoms with E-state index in [0.29, 0.717) is 0 Å². The van der Waals surface area contributed by atoms with Crippen molar-refractivity contribution in [1.29, 1.82) is 0 Å². The summed E-state index contributed by atoms with van der Waals surface area (Å²) < 4.78 is 38.7. The smallest absolute Gasteiger partial charge is 0.338 e. The van der Waals surface area contributed by atoms with E-state index >= 15 is 0 Å². The van der Waals surface area contributed by atoms with Crippen LogP contribution in [0.25, 0.3) is 0 Å². The van der Waals surface area contributed by atoms with Crippen molar-refractivity contribution in [3.05, 3.63) is 29.6 Å². The van der Waals surface area contributed by atoms with Gasteiger partial charge in [-0.3, -0.25) is 0 Å². The van der Waals surface area contributed by atoms with Crippen molar-refractivity contribution in [1.82, 2.24) is 4.72 Å². The first kappa shape index (κ1) is 14.2. The molecule has 0 saturated carbocycles. The molecule has 0 heterocycles. The fourth-order valence-corrected chi connectivity index (χ4v) is 2.23. The van der Waals surface area contributed by atoms with Gasteiger partial charge in [0.15, 0.2) is 0 Å². The van der Waals surface area contributed by atoms with Gasteiger partial charge in [0.2, 0.25) is 10.0 Å². The highest BCUT2D eigenvalue weighted by molar-refractivity contribution is 7.89. The number of benzene rings is 1. The molecule has 0 aromatic heterocycles. The number of carbonyl (C=O) groups is 1. The first-order valence-corrected chi connectivity index (χ1v) is 6.33. The van der Waals surface area contributed by atoms with E-state index in [1.54, 1.807) is 0 Å². The number of sulfonamides is 1. The molecule has 1 aromatic carbocycles. The Morgan fingerprint density at radius 1 is 1.50 bits per heavy atom. The summed E-state index contributed by atoms with van der Waals surface area (Å²) in [6.07, 6.45) is 5.17. The lowest BCUT2D eigenvalue weighted by Crippen LogP contribution is -2.25. The van der Waals surface area contributed by atoms with Crippen LogP contribution in [0, 0.1) is 18.2 Å². The van der Waals surface area contributed by atoms with E-state index in [-0.39, 0.29) is 17.9 Å². The fourth-order valence-electron chi connectivity index (χ4n) is 1.18. The number of hydrogen-bond acceptors (Lipinski definition) is 3. The second-order valence-electron chi connectivity index (χ2n) is 3.30. The van der Waals surface area contributed by atoms with Crippen LogP contribution in [0.2, 0.25) is 0 Å². The molecule has 1 rings (SSSR count). The molecular weight excluding hydrogens is 261 g/mol. The van der Waals surface area contributed by atoms with Gasteiger partial charge in [-0.25, -0.2) is 22.3 Å². The molecule has 0 atom stereocenters. The molecule has 18 heavy (non-hydrogen) atoms. The molecule has 0 spiro atoms. The summed E-state index contributed by atoms with van der Waals surface area (Å²) in [5.74, 6) is -0.280. The van der Waals surface area contributed by atoms with Crippen LogP contribution >= 0.6 is 0 Å². The molecule has 0 aliphatic rings. The molecule has 0 bridgehead atoms. The number of terminal acetylenes is 1. The van der Waals surface area contributed by atoms with E-state index in [0.717, 1.165) is 18.2 Å². The standard InChI is InChI=1S/C11H10FNO4S/c1-2-3-6-13-18(16,17)8-4-5-10(12)9(7-8)11(14)15/h1,4-5,7,13H,3,6H2,(H,14,15). The van der Waals surface area contributed by atoms with E-state index in [1.807, 2.05) is 0 Å². The van der Waals surface area contributed by atoms with E-state index in [4.69, 9.17) is 11.5 Å². The average molecular weight is 271 g/mol. The molecule has 0 fully saturated rings. The Kier molecular flexibility index (Phi) is 4.42. The van der Waals surface area contributed by atoms with E-state index in [1.165, 1.54) is 0 Å². The van der Waals surface area contributed by atoms with Gasteiger partial charge in [0.1, 0.15) is 5.82 Å². The van der Waals surface area contributed by atoms with Gasteiger partial charge >= 0.3 is 5.97 Å². The molecule has 0 unspecified atom stereocenters. The molecule has 0 aliphatic carbocycles. The zero-order valence-electron chi connectivity index (χ0n) is 9.18. The Hall–Kier alpha value is -1.91. The Labute approximate surface area is 104 Å². The third kappa shape index (κ3) is 3.29. The normalized spacial score (nSPS) is 10.9. The minimum absolute atomic E-state index is 0.0264. The maximum absolute atomic E-state index is 13.1. The summed E-state index contributed by atoms with van der Waals surface area (Å²) in [6.45, 7) is 0.0264. The zero-order chi connectivity index (χ0) is 13.8. The van der Waals surface area contributed by atoms with E-state index < -0.39 is 27.4 Å². The van der Waals surface area contributed by atoms with Gasteiger partial charge in [-0.1, -0.05) is 0 Å². The number of aromatic carboxylic acids is 1. The van der Waals surface area contributed by atoms with Crippen LogP contribution in [0.4, 0.5) is 4.39 Å². The number of carboxylic acid groups (broad SMARTS) is 1. The average Bonchev–Trinajstić information content (AvgIpc) is 2.29. The highest BCUT2D eigenvalue weighted by atomic mass is 32.2. The van der Waals surface area contributed by atoms with Gasteiger partial charge in [0.05, 0.1) is 10.5 Å². The van der Waals surface area contributed by atoms with Crippen LogP contribution < -0.4 is 4.72 Å². The number of carboxylic acids is 1. The number of hydrogen-bond donors (Lipinski definition) is 2. The topological polar surface area (TPSA) is 83.5 Å². The Balaban J connectivity index is 3.07. The van der Waals surface area contributed by atoms with Crippen LogP contribution in [0.3, 0.4) is 0 Å². The SMILES string of the molecule is C#CCCNS(=O)(=O)c1ccc(F)c(C(=O)O)c1. The molecule has 0 amide bonds. The largest absolute Gasteiger partial charge is 0.478 e. The summed E-state index contributed by atoms with van der Waals surface area (Å²) in [5, 5.41) is 8.69. The van der Waals surface area contributed by atoms with Crippen molar-refractivity contribution in [2.45, 2.75) is 11.3 Å². The molecule has 7 heteroatoms. The third-order valence-electron chi connectivity index (χ3n) is 2.04. The van der Waals surface area contributed by atoms with Crippen LogP contribution in [-0.4, -0.2) is 26.0 Å². The van der Waals surface area contributed by atoms with Gasteiger partial charge in [-0.2, -0.15) is 0 Å². The molecule has 0 aliphatic heterocycles. The summed E-state index contributed by atoms with van der Waals surface area (Å²) in [7, 11) is -3.88. The van der Waals surface area contributed by atoms with Gasteiger partial charge in [-0.15, -0.1) is 12.3 Å². The molecular formula is C11H10FNO4S. The van der Waals surface area contributed by atoms with Crippen LogP contribution in [0.15, 0.2) is 23.1 Å². The van der Waals surface area contributed by atoms with Gasteiger partial charge < -0.3 is 5.11 Å². The lowest BCUT2D eigenvalue weighted by atomic mass is 10.2. The highest BCUT2D eigenvalue weighted by Crippen LogP contribution is 2.15. The molecule has 0 saturated heterocycles. The van der Waals surface area contributed by atoms with Gasteiger partial charge in [-0.05, 0) is 18.2 Å². The molecule has 1 aromatic rings. The van der Waals surface area contributed by atoms with Gasteiger partial charge in [0, 0.05) is 13.0 Å². The van der Waals surface area contributed by atoms with Crippen molar-refractivity contribution in [2.24, 2.45) is 0 Å². The highest BCUT2D eigenvalue weighted by Gasteiger charge is 2.18. The predicted octanol–water partition coefficient (Wildman–Crippen LogP) is 0.826. The minimum Gasteiger partial charge on any atom is -0.478 e. The number of nitrogens with one attached hydrogen (secondary N) is 1. The second-order valence-corrected chi connectivity index (χ2v) is 5.07. The zero-order valence-corrected chi connectivity index (χ0v) is 10.00. The van der Waals surface area contributed by atoms with Crippen molar-refractivity contribution >= 4 is 16.0 Å². The fraction of sp³-hybridized carbons (Fsp3) is 0.182. The Morgan fingerprint density at radius 2 is 2.17 bits per heavy atom.